The maximum atomic E-state index is 13.4. The highest BCUT2D eigenvalue weighted by atomic mass is 19.4. The summed E-state index contributed by atoms with van der Waals surface area (Å²) in [5, 5.41) is 27.4. The third-order valence-corrected chi connectivity index (χ3v) is 7.17. The maximum Gasteiger partial charge on any atom is 0.421 e. The second kappa shape index (κ2) is 8.65. The van der Waals surface area contributed by atoms with Crippen LogP contribution in [0.4, 0.5) is 13.2 Å². The summed E-state index contributed by atoms with van der Waals surface area (Å²) >= 11 is 0. The lowest BCUT2D eigenvalue weighted by Gasteiger charge is -2.41. The fourth-order valence-corrected chi connectivity index (χ4v) is 4.81. The van der Waals surface area contributed by atoms with E-state index in [2.05, 4.69) is 10.2 Å². The third-order valence-electron chi connectivity index (χ3n) is 7.17. The Morgan fingerprint density at radius 3 is 2.06 bits per heavy atom. The molecule has 0 saturated heterocycles. The van der Waals surface area contributed by atoms with E-state index in [1.807, 2.05) is 0 Å². The van der Waals surface area contributed by atoms with Crippen molar-refractivity contribution in [2.45, 2.75) is 74.7 Å². The Morgan fingerprint density at radius 2 is 1.59 bits per heavy atom. The Hall–Kier alpha value is -3.01. The van der Waals surface area contributed by atoms with Gasteiger partial charge in [0.2, 0.25) is 0 Å². The molecule has 0 aliphatic heterocycles. The van der Waals surface area contributed by atoms with Crippen LogP contribution in [0.1, 0.15) is 66.9 Å². The molecular formula is C24H26F3N3O4. The first-order valence-electron chi connectivity index (χ1n) is 11.2. The average molecular weight is 477 g/mol. The van der Waals surface area contributed by atoms with E-state index in [0.29, 0.717) is 38.2 Å². The average Bonchev–Trinajstić information content (AvgIpc) is 3.64. The molecule has 0 spiro atoms. The van der Waals surface area contributed by atoms with Crippen molar-refractivity contribution < 1.29 is 33.0 Å². The molecule has 34 heavy (non-hydrogen) atoms. The van der Waals surface area contributed by atoms with Crippen molar-refractivity contribution >= 4 is 11.9 Å². The Bertz CT molecular complexity index is 1050. The molecule has 7 nitrogen and oxygen atoms in total. The minimum Gasteiger partial charge on any atom is -0.481 e. The number of carboxylic acids is 1. The molecule has 0 bridgehead atoms. The number of hydrogen-bond donors (Lipinski definition) is 2. The summed E-state index contributed by atoms with van der Waals surface area (Å²) in [5.41, 5.74) is -3.62. The Morgan fingerprint density at radius 1 is 1.00 bits per heavy atom. The maximum absolute atomic E-state index is 13.4. The zero-order valence-electron chi connectivity index (χ0n) is 18.6. The fraction of sp³-hybridized carbons (Fsp3) is 0.500. The number of amides is 1. The number of carboxylic acid groups (broad SMARTS) is 1. The van der Waals surface area contributed by atoms with E-state index < -0.39 is 23.2 Å². The van der Waals surface area contributed by atoms with E-state index in [9.17, 15) is 33.0 Å². The van der Waals surface area contributed by atoms with Crippen LogP contribution < -0.4 is 0 Å². The van der Waals surface area contributed by atoms with Crippen LogP contribution in [0.5, 0.6) is 0 Å². The van der Waals surface area contributed by atoms with Crippen LogP contribution in [0, 0.1) is 0 Å². The molecule has 1 aromatic heterocycles. The van der Waals surface area contributed by atoms with Crippen LogP contribution in [0.3, 0.4) is 0 Å². The molecule has 2 aliphatic carbocycles. The fourth-order valence-electron chi connectivity index (χ4n) is 4.81. The number of aliphatic hydroxyl groups is 1. The lowest BCUT2D eigenvalue weighted by atomic mass is 9.68. The lowest BCUT2D eigenvalue weighted by molar-refractivity contribution is -0.258. The standard InChI is InChI=1S/C24H26F3N3O4/c1-22(34,24(25,26)27)16-4-2-15(3-5-16)20(31)30(18-6-7-18)19-8-11-23(12-9-19,21(32)33)17-10-13-28-29-14-17/h2-5,10,13-14,18-19,34H,6-9,11-12H2,1H3,(H,32,33). The van der Waals surface area contributed by atoms with E-state index in [1.54, 1.807) is 11.0 Å². The number of halogens is 3. The van der Waals surface area contributed by atoms with Gasteiger partial charge in [-0.2, -0.15) is 23.4 Å². The van der Waals surface area contributed by atoms with Gasteiger partial charge in [-0.1, -0.05) is 12.1 Å². The number of benzene rings is 1. The van der Waals surface area contributed by atoms with Crippen molar-refractivity contribution in [2.75, 3.05) is 0 Å². The van der Waals surface area contributed by atoms with E-state index >= 15 is 0 Å². The first-order chi connectivity index (χ1) is 16.0. The van der Waals surface area contributed by atoms with E-state index in [1.165, 1.54) is 24.5 Å². The topological polar surface area (TPSA) is 104 Å². The highest BCUT2D eigenvalue weighted by molar-refractivity contribution is 5.95. The monoisotopic (exact) mass is 477 g/mol. The number of rotatable bonds is 6. The summed E-state index contributed by atoms with van der Waals surface area (Å²) in [6, 6.07) is 6.39. The van der Waals surface area contributed by atoms with Gasteiger partial charge in [-0.15, -0.1) is 0 Å². The number of carbonyl (C=O) groups is 2. The van der Waals surface area contributed by atoms with Crippen LogP contribution in [0.15, 0.2) is 42.7 Å². The number of alkyl halides is 3. The van der Waals surface area contributed by atoms with E-state index in [4.69, 9.17) is 0 Å². The zero-order chi connectivity index (χ0) is 24.7. The molecule has 1 aromatic carbocycles. The molecule has 2 N–H and O–H groups in total. The minimum absolute atomic E-state index is 0.0374. The number of nitrogens with zero attached hydrogens (tertiary/aromatic N) is 3. The molecule has 2 fully saturated rings. The highest BCUT2D eigenvalue weighted by Gasteiger charge is 2.51. The van der Waals surface area contributed by atoms with Crippen LogP contribution in [0.2, 0.25) is 0 Å². The van der Waals surface area contributed by atoms with Gasteiger partial charge in [0.15, 0.2) is 5.60 Å². The van der Waals surface area contributed by atoms with E-state index in [-0.39, 0.29) is 29.1 Å². The molecule has 2 aliphatic rings. The van der Waals surface area contributed by atoms with Gasteiger partial charge in [0, 0.05) is 23.8 Å². The van der Waals surface area contributed by atoms with Crippen molar-refractivity contribution in [3.05, 3.63) is 59.4 Å². The molecule has 4 rings (SSSR count). The summed E-state index contributed by atoms with van der Waals surface area (Å²) in [7, 11) is 0. The van der Waals surface area contributed by atoms with Gasteiger partial charge in [0.1, 0.15) is 0 Å². The van der Waals surface area contributed by atoms with Crippen molar-refractivity contribution in [3.63, 3.8) is 0 Å². The smallest absolute Gasteiger partial charge is 0.421 e. The second-order valence-electron chi connectivity index (χ2n) is 9.34. The molecule has 1 atom stereocenters. The first-order valence-corrected chi connectivity index (χ1v) is 11.2. The van der Waals surface area contributed by atoms with Crippen LogP contribution >= 0.6 is 0 Å². The molecule has 1 unspecified atom stereocenters. The molecule has 0 radical (unpaired) electrons. The Kier molecular flexibility index (Phi) is 6.14. The zero-order valence-corrected chi connectivity index (χ0v) is 18.6. The predicted octanol–water partition coefficient (Wildman–Crippen LogP) is 3.82. The number of aliphatic carboxylic acids is 1. The predicted molar refractivity (Wildman–Crippen MR) is 115 cm³/mol. The quantitative estimate of drug-likeness (QED) is 0.656. The lowest BCUT2D eigenvalue weighted by Crippen LogP contribution is -2.48. The van der Waals surface area contributed by atoms with Crippen LogP contribution in [-0.4, -0.2) is 55.4 Å². The highest BCUT2D eigenvalue weighted by Crippen LogP contribution is 2.44. The Balaban J connectivity index is 1.53. The van der Waals surface area contributed by atoms with Crippen LogP contribution in [0.25, 0.3) is 0 Å². The van der Waals surface area contributed by atoms with Crippen molar-refractivity contribution in [3.8, 4) is 0 Å². The summed E-state index contributed by atoms with van der Waals surface area (Å²) in [6.45, 7) is 0.676. The molecule has 1 amide bonds. The summed E-state index contributed by atoms with van der Waals surface area (Å²) in [4.78, 5) is 27.3. The molecule has 1 heterocycles. The van der Waals surface area contributed by atoms with Crippen LogP contribution in [-0.2, 0) is 15.8 Å². The molecule has 182 valence electrons. The number of aromatic nitrogens is 2. The summed E-state index contributed by atoms with van der Waals surface area (Å²) in [5.74, 6) is -1.23. The van der Waals surface area contributed by atoms with Crippen molar-refractivity contribution in [1.29, 1.82) is 0 Å². The first kappa shape index (κ1) is 24.1. The second-order valence-corrected chi connectivity index (χ2v) is 9.34. The SMILES string of the molecule is CC(O)(c1ccc(C(=O)N(C2CC2)C2CCC(C(=O)O)(c3ccnnc3)CC2)cc1)C(F)(F)F. The van der Waals surface area contributed by atoms with Crippen molar-refractivity contribution in [2.24, 2.45) is 0 Å². The number of hydrogen-bond acceptors (Lipinski definition) is 5. The van der Waals surface area contributed by atoms with Gasteiger partial charge < -0.3 is 15.1 Å². The normalized spacial score (nSPS) is 24.8. The third kappa shape index (κ3) is 4.26. The van der Waals surface area contributed by atoms with Gasteiger partial charge in [-0.3, -0.25) is 9.59 Å². The summed E-state index contributed by atoms with van der Waals surface area (Å²) < 4.78 is 39.4. The van der Waals surface area contributed by atoms with Gasteiger partial charge in [0.05, 0.1) is 11.6 Å². The van der Waals surface area contributed by atoms with Crippen molar-refractivity contribution in [1.82, 2.24) is 15.1 Å². The molecule has 10 heteroatoms. The minimum atomic E-state index is -4.85. The van der Waals surface area contributed by atoms with Gasteiger partial charge in [-0.05, 0) is 74.8 Å². The molecular weight excluding hydrogens is 451 g/mol. The van der Waals surface area contributed by atoms with Gasteiger partial charge in [0.25, 0.3) is 5.91 Å². The molecule has 2 aromatic rings. The molecule has 2 saturated carbocycles. The summed E-state index contributed by atoms with van der Waals surface area (Å²) in [6.07, 6.45) is 1.40. The number of carbonyl (C=O) groups excluding carboxylic acids is 1. The largest absolute Gasteiger partial charge is 0.481 e. The van der Waals surface area contributed by atoms with Gasteiger partial charge in [-0.25, -0.2) is 0 Å². The van der Waals surface area contributed by atoms with Gasteiger partial charge >= 0.3 is 12.1 Å². The van der Waals surface area contributed by atoms with E-state index in [0.717, 1.165) is 25.0 Å². The Labute approximate surface area is 194 Å².